The number of halogens is 17. The van der Waals surface area contributed by atoms with Crippen LogP contribution < -0.4 is 0 Å². The van der Waals surface area contributed by atoms with Crippen molar-refractivity contribution in [1.82, 2.24) is 0 Å². The van der Waals surface area contributed by atoms with Crippen LogP contribution in [0.4, 0.5) is 74.6 Å². The maximum absolute atomic E-state index is 13.9. The van der Waals surface area contributed by atoms with Crippen LogP contribution in [0.25, 0.3) is 0 Å². The van der Waals surface area contributed by atoms with Crippen molar-refractivity contribution in [2.24, 2.45) is 5.41 Å². The summed E-state index contributed by atoms with van der Waals surface area (Å²) in [5.41, 5.74) is -1.44. The molecule has 0 amide bonds. The van der Waals surface area contributed by atoms with E-state index in [0.29, 0.717) is 0 Å². The third-order valence-corrected chi connectivity index (χ3v) is 5.26. The maximum Gasteiger partial charge on any atom is 0.460 e. The molecule has 0 spiro atoms. The second kappa shape index (κ2) is 12.4. The fourth-order valence-electron chi connectivity index (χ4n) is 2.74. The summed E-state index contributed by atoms with van der Waals surface area (Å²) in [7, 11) is 0. The van der Waals surface area contributed by atoms with Gasteiger partial charge in [0.15, 0.2) is 0 Å². The SMILES string of the molecule is CC(=O)OCC(C)(COCCCC(F)(F)C(F)(F)C(F)(F)C(F)(F)C(F)(F)C(F)(F)C(F)(F)C(F)(F)F)COC(C)=O. The van der Waals surface area contributed by atoms with Gasteiger partial charge in [-0.05, 0) is 6.42 Å². The summed E-state index contributed by atoms with van der Waals surface area (Å²) >= 11 is 0. The van der Waals surface area contributed by atoms with Gasteiger partial charge in [0.1, 0.15) is 13.2 Å². The highest BCUT2D eigenvalue weighted by atomic mass is 19.4. The molecule has 0 aromatic rings. The molecule has 0 saturated carbocycles. The molecule has 0 aliphatic heterocycles. The molecular formula is C20H21F17O5. The van der Waals surface area contributed by atoms with Gasteiger partial charge in [0, 0.05) is 26.9 Å². The van der Waals surface area contributed by atoms with E-state index >= 15 is 0 Å². The Hall–Kier alpha value is -2.29. The quantitative estimate of drug-likeness (QED) is 0.102. The maximum atomic E-state index is 13.9. The molecule has 22 heteroatoms. The Morgan fingerprint density at radius 2 is 0.857 bits per heavy atom. The van der Waals surface area contributed by atoms with Crippen molar-refractivity contribution in [1.29, 1.82) is 0 Å². The fraction of sp³-hybridized carbons (Fsp3) is 0.900. The van der Waals surface area contributed by atoms with Gasteiger partial charge in [-0.3, -0.25) is 9.59 Å². The normalized spacial score (nSPS) is 15.0. The number of carbonyl (C=O) groups excluding carboxylic acids is 2. The highest BCUT2D eigenvalue weighted by Gasteiger charge is 2.95. The smallest absolute Gasteiger partial charge is 0.460 e. The molecular weight excluding hydrogens is 643 g/mol. The zero-order chi connectivity index (χ0) is 34.0. The van der Waals surface area contributed by atoms with Crippen LogP contribution in [0.3, 0.4) is 0 Å². The molecule has 0 fully saturated rings. The van der Waals surface area contributed by atoms with E-state index in [1.165, 1.54) is 6.92 Å². The molecule has 0 aromatic heterocycles. The van der Waals surface area contributed by atoms with Gasteiger partial charge in [-0.1, -0.05) is 6.92 Å². The molecule has 0 unspecified atom stereocenters. The van der Waals surface area contributed by atoms with E-state index in [-0.39, 0.29) is 0 Å². The zero-order valence-electron chi connectivity index (χ0n) is 21.2. The van der Waals surface area contributed by atoms with E-state index < -0.39 is 104 Å². The Kier molecular flexibility index (Phi) is 11.7. The van der Waals surface area contributed by atoms with Gasteiger partial charge < -0.3 is 14.2 Å². The van der Waals surface area contributed by atoms with Crippen molar-refractivity contribution in [3.63, 3.8) is 0 Å². The summed E-state index contributed by atoms with van der Waals surface area (Å²) in [6.45, 7) is 0.131. The summed E-state index contributed by atoms with van der Waals surface area (Å²) < 4.78 is 240. The highest BCUT2D eigenvalue weighted by Crippen LogP contribution is 2.64. The Bertz CT molecular complexity index is 928. The Balaban J connectivity index is 5.87. The summed E-state index contributed by atoms with van der Waals surface area (Å²) in [6, 6.07) is 0. The van der Waals surface area contributed by atoms with Crippen molar-refractivity contribution < 1.29 is 98.4 Å². The van der Waals surface area contributed by atoms with E-state index in [0.717, 1.165) is 13.8 Å². The lowest BCUT2D eigenvalue weighted by Crippen LogP contribution is -2.74. The lowest BCUT2D eigenvalue weighted by atomic mass is 9.88. The molecule has 0 radical (unpaired) electrons. The summed E-state index contributed by atoms with van der Waals surface area (Å²) in [6.07, 6.45) is -12.0. The summed E-state index contributed by atoms with van der Waals surface area (Å²) in [4.78, 5) is 21.9. The number of ether oxygens (including phenoxy) is 3. The first-order chi connectivity index (χ1) is 18.3. The minimum atomic E-state index is -8.68. The molecule has 250 valence electrons. The molecule has 0 atom stereocenters. The zero-order valence-corrected chi connectivity index (χ0v) is 21.2. The van der Waals surface area contributed by atoms with Crippen LogP contribution in [0.2, 0.25) is 0 Å². The van der Waals surface area contributed by atoms with E-state index in [9.17, 15) is 84.2 Å². The first-order valence-electron chi connectivity index (χ1n) is 10.8. The van der Waals surface area contributed by atoms with E-state index in [2.05, 4.69) is 9.47 Å². The second-order valence-corrected chi connectivity index (χ2v) is 9.18. The predicted octanol–water partition coefficient (Wildman–Crippen LogP) is 6.93. The fourth-order valence-corrected chi connectivity index (χ4v) is 2.74. The van der Waals surface area contributed by atoms with Gasteiger partial charge in [0.2, 0.25) is 0 Å². The number of hydrogen-bond acceptors (Lipinski definition) is 5. The van der Waals surface area contributed by atoms with Crippen LogP contribution in [0.15, 0.2) is 0 Å². The van der Waals surface area contributed by atoms with Crippen LogP contribution in [0, 0.1) is 5.41 Å². The lowest BCUT2D eigenvalue weighted by molar-refractivity contribution is -0.461. The van der Waals surface area contributed by atoms with Gasteiger partial charge in [-0.15, -0.1) is 0 Å². The van der Waals surface area contributed by atoms with Gasteiger partial charge >= 0.3 is 59.6 Å². The van der Waals surface area contributed by atoms with Crippen molar-refractivity contribution in [2.75, 3.05) is 26.4 Å². The van der Waals surface area contributed by atoms with Gasteiger partial charge in [-0.25, -0.2) is 0 Å². The van der Waals surface area contributed by atoms with Crippen LogP contribution in [-0.2, 0) is 23.8 Å². The Labute approximate surface area is 224 Å². The van der Waals surface area contributed by atoms with Crippen molar-refractivity contribution in [3.05, 3.63) is 0 Å². The average Bonchev–Trinajstić information content (AvgIpc) is 2.79. The molecule has 0 saturated heterocycles. The molecule has 0 aliphatic carbocycles. The Morgan fingerprint density at radius 1 is 0.524 bits per heavy atom. The molecule has 5 nitrogen and oxygen atoms in total. The molecule has 0 bridgehead atoms. The molecule has 0 N–H and O–H groups in total. The molecule has 42 heavy (non-hydrogen) atoms. The van der Waals surface area contributed by atoms with Crippen molar-refractivity contribution in [3.8, 4) is 0 Å². The minimum Gasteiger partial charge on any atom is -0.465 e. The standard InChI is InChI=1S/C20H21F17O5/c1-10(38)41-8-12(3,9-42-11(2)39)7-40-6-4-5-13(21,22)14(23,24)15(25,26)16(27,28)17(29,30)18(31,32)19(33,34)20(35,36)37/h4-9H2,1-3H3. The van der Waals surface area contributed by atoms with Crippen molar-refractivity contribution >= 4 is 11.9 Å². The third-order valence-electron chi connectivity index (χ3n) is 5.26. The van der Waals surface area contributed by atoms with E-state index in [1.54, 1.807) is 0 Å². The number of hydrogen-bond donors (Lipinski definition) is 0. The predicted molar refractivity (Wildman–Crippen MR) is 102 cm³/mol. The van der Waals surface area contributed by atoms with E-state index in [1.807, 2.05) is 0 Å². The monoisotopic (exact) mass is 664 g/mol. The lowest BCUT2D eigenvalue weighted by Gasteiger charge is -2.42. The number of rotatable bonds is 16. The number of esters is 2. The van der Waals surface area contributed by atoms with Crippen LogP contribution in [0.5, 0.6) is 0 Å². The molecule has 0 aliphatic rings. The highest BCUT2D eigenvalue weighted by molar-refractivity contribution is 5.66. The number of carbonyl (C=O) groups is 2. The molecule has 0 rings (SSSR count). The van der Waals surface area contributed by atoms with Crippen LogP contribution >= 0.6 is 0 Å². The molecule has 0 aromatic carbocycles. The topological polar surface area (TPSA) is 61.8 Å². The number of alkyl halides is 17. The Morgan fingerprint density at radius 3 is 1.19 bits per heavy atom. The summed E-state index contributed by atoms with van der Waals surface area (Å²) in [5.74, 6) is -58.4. The molecule has 0 heterocycles. The first kappa shape index (κ1) is 39.7. The minimum absolute atomic E-state index is 0.558. The van der Waals surface area contributed by atoms with Gasteiger partial charge in [-0.2, -0.15) is 74.6 Å². The third kappa shape index (κ3) is 7.43. The van der Waals surface area contributed by atoms with Gasteiger partial charge in [0.25, 0.3) is 0 Å². The van der Waals surface area contributed by atoms with Gasteiger partial charge in [0.05, 0.1) is 12.0 Å². The largest absolute Gasteiger partial charge is 0.465 e. The second-order valence-electron chi connectivity index (χ2n) is 9.18. The summed E-state index contributed by atoms with van der Waals surface area (Å²) in [5, 5.41) is 0. The van der Waals surface area contributed by atoms with Crippen LogP contribution in [-0.4, -0.2) is 86.0 Å². The first-order valence-corrected chi connectivity index (χ1v) is 10.8. The van der Waals surface area contributed by atoms with E-state index in [4.69, 9.17) is 4.74 Å². The van der Waals surface area contributed by atoms with Crippen LogP contribution in [0.1, 0.15) is 33.6 Å². The van der Waals surface area contributed by atoms with Crippen molar-refractivity contribution in [2.45, 2.75) is 81.2 Å². The average molecular weight is 664 g/mol.